The fraction of sp³-hybridized carbons (Fsp3) is 0.370. The lowest BCUT2D eigenvalue weighted by Gasteiger charge is -2.41. The quantitative estimate of drug-likeness (QED) is 0.602. The fourth-order valence-electron chi connectivity index (χ4n) is 4.86. The predicted octanol–water partition coefficient (Wildman–Crippen LogP) is 3.85. The Kier molecular flexibility index (Phi) is 6.92. The summed E-state index contributed by atoms with van der Waals surface area (Å²) in [5, 5.41) is 7.16. The zero-order chi connectivity index (χ0) is 23.3. The summed E-state index contributed by atoms with van der Waals surface area (Å²) in [4.78, 5) is 27.9. The normalized spacial score (nSPS) is 15.3. The molecular weight excluding hydrogens is 412 g/mol. The van der Waals surface area contributed by atoms with Crippen LogP contribution in [0.5, 0.6) is 0 Å². The van der Waals surface area contributed by atoms with Crippen LogP contribution < -0.4 is 5.32 Å². The molecule has 2 heterocycles. The monoisotopic (exact) mass is 444 g/mol. The van der Waals surface area contributed by atoms with E-state index >= 15 is 0 Å². The summed E-state index contributed by atoms with van der Waals surface area (Å²) in [5.74, 6) is 0.185. The molecule has 0 saturated carbocycles. The highest BCUT2D eigenvalue weighted by Gasteiger charge is 2.42. The molecule has 1 aliphatic heterocycles. The van der Waals surface area contributed by atoms with Crippen LogP contribution in [0.2, 0.25) is 0 Å². The number of carbonyl (C=O) groups is 2. The Morgan fingerprint density at radius 1 is 1.00 bits per heavy atom. The van der Waals surface area contributed by atoms with Crippen molar-refractivity contribution in [2.45, 2.75) is 39.2 Å². The summed E-state index contributed by atoms with van der Waals surface area (Å²) in [6, 6.07) is 20.6. The molecule has 2 amide bonds. The molecule has 4 rings (SSSR count). The van der Waals surface area contributed by atoms with Gasteiger partial charge in [0.2, 0.25) is 11.8 Å². The van der Waals surface area contributed by atoms with E-state index in [-0.39, 0.29) is 11.8 Å². The molecule has 172 valence electrons. The first-order valence-corrected chi connectivity index (χ1v) is 11.6. The third kappa shape index (κ3) is 5.00. The molecule has 0 atom stereocenters. The van der Waals surface area contributed by atoms with E-state index in [0.29, 0.717) is 45.3 Å². The smallest absolute Gasteiger partial charge is 0.226 e. The SMILES string of the molecule is CNC(=O)C1(Cc2ccccc2-c2ccccc2)CCN(C(=O)CCn2nccc2C)CC1. The minimum atomic E-state index is -0.519. The van der Waals surface area contributed by atoms with E-state index in [1.165, 1.54) is 5.56 Å². The molecule has 0 unspecified atom stereocenters. The molecule has 33 heavy (non-hydrogen) atoms. The maximum Gasteiger partial charge on any atom is 0.226 e. The van der Waals surface area contributed by atoms with Gasteiger partial charge >= 0.3 is 0 Å². The number of carbonyl (C=O) groups excluding carboxylic acids is 2. The molecule has 1 N–H and O–H groups in total. The molecule has 6 nitrogen and oxygen atoms in total. The van der Waals surface area contributed by atoms with E-state index < -0.39 is 5.41 Å². The Balaban J connectivity index is 1.47. The number of rotatable bonds is 7. The molecular formula is C27H32N4O2. The van der Waals surface area contributed by atoms with Crippen LogP contribution in [0.3, 0.4) is 0 Å². The van der Waals surface area contributed by atoms with Crippen molar-refractivity contribution in [3.8, 4) is 11.1 Å². The van der Waals surface area contributed by atoms with E-state index in [4.69, 9.17) is 0 Å². The number of hydrogen-bond acceptors (Lipinski definition) is 3. The van der Waals surface area contributed by atoms with Crippen molar-refractivity contribution in [2.24, 2.45) is 5.41 Å². The number of benzene rings is 2. The molecule has 1 aromatic heterocycles. The zero-order valence-corrected chi connectivity index (χ0v) is 19.5. The first-order valence-electron chi connectivity index (χ1n) is 11.6. The largest absolute Gasteiger partial charge is 0.359 e. The molecule has 3 aromatic rings. The van der Waals surface area contributed by atoms with Crippen molar-refractivity contribution in [3.63, 3.8) is 0 Å². The lowest BCUT2D eigenvalue weighted by Crippen LogP contribution is -2.50. The predicted molar refractivity (Wildman–Crippen MR) is 129 cm³/mol. The van der Waals surface area contributed by atoms with E-state index in [1.807, 2.05) is 52.9 Å². The van der Waals surface area contributed by atoms with Crippen LogP contribution in [0.1, 0.15) is 30.5 Å². The molecule has 0 radical (unpaired) electrons. The second kappa shape index (κ2) is 10.0. The number of hydrogen-bond donors (Lipinski definition) is 1. The zero-order valence-electron chi connectivity index (χ0n) is 19.5. The van der Waals surface area contributed by atoms with Crippen LogP contribution in [-0.2, 0) is 22.6 Å². The van der Waals surface area contributed by atoms with Gasteiger partial charge in [0.1, 0.15) is 0 Å². The molecule has 0 bridgehead atoms. The molecule has 1 fully saturated rings. The van der Waals surface area contributed by atoms with Gasteiger partial charge in [-0.05, 0) is 48.9 Å². The van der Waals surface area contributed by atoms with Gasteiger partial charge in [0.05, 0.1) is 5.41 Å². The highest BCUT2D eigenvalue weighted by molar-refractivity contribution is 5.84. The van der Waals surface area contributed by atoms with E-state index in [0.717, 1.165) is 16.8 Å². The standard InChI is InChI=1S/C27H32N4O2/c1-21-12-16-29-31(21)17-13-25(32)30-18-14-27(15-19-30,26(33)28-2)20-23-10-6-7-11-24(23)22-8-4-3-5-9-22/h3-12,16H,13-15,17-20H2,1-2H3,(H,28,33). The van der Waals surface area contributed by atoms with Crippen LogP contribution in [-0.4, -0.2) is 46.6 Å². The highest BCUT2D eigenvalue weighted by atomic mass is 16.2. The van der Waals surface area contributed by atoms with Crippen LogP contribution in [0.25, 0.3) is 11.1 Å². The molecule has 0 aliphatic carbocycles. The van der Waals surface area contributed by atoms with Gasteiger partial charge in [-0.2, -0.15) is 5.10 Å². The van der Waals surface area contributed by atoms with Gasteiger partial charge in [-0.15, -0.1) is 0 Å². The lowest BCUT2D eigenvalue weighted by atomic mass is 9.72. The van der Waals surface area contributed by atoms with Gasteiger partial charge in [0, 0.05) is 45.0 Å². The second-order valence-electron chi connectivity index (χ2n) is 8.89. The Labute approximate surface area is 195 Å². The first kappa shape index (κ1) is 22.8. The number of amides is 2. The van der Waals surface area contributed by atoms with Crippen molar-refractivity contribution < 1.29 is 9.59 Å². The van der Waals surface area contributed by atoms with E-state index in [9.17, 15) is 9.59 Å². The lowest BCUT2D eigenvalue weighted by molar-refractivity contribution is -0.140. The third-order valence-corrected chi connectivity index (χ3v) is 6.88. The Bertz CT molecular complexity index is 1100. The number of likely N-dealkylation sites (tertiary alicyclic amines) is 1. The number of aromatic nitrogens is 2. The average Bonchev–Trinajstić information content (AvgIpc) is 3.27. The van der Waals surface area contributed by atoms with Gasteiger partial charge in [0.15, 0.2) is 0 Å². The summed E-state index contributed by atoms with van der Waals surface area (Å²) in [5.41, 5.74) is 4.02. The van der Waals surface area contributed by atoms with Gasteiger partial charge < -0.3 is 10.2 Å². The van der Waals surface area contributed by atoms with Crippen LogP contribution in [0.15, 0.2) is 66.9 Å². The van der Waals surface area contributed by atoms with Gasteiger partial charge in [0.25, 0.3) is 0 Å². The third-order valence-electron chi connectivity index (χ3n) is 6.88. The Morgan fingerprint density at radius 2 is 1.70 bits per heavy atom. The van der Waals surface area contributed by atoms with Crippen LogP contribution >= 0.6 is 0 Å². The minimum Gasteiger partial charge on any atom is -0.359 e. The topological polar surface area (TPSA) is 67.2 Å². The molecule has 1 aliphatic rings. The molecule has 6 heteroatoms. The van der Waals surface area contributed by atoms with Crippen LogP contribution in [0, 0.1) is 12.3 Å². The maximum absolute atomic E-state index is 13.1. The number of nitrogens with one attached hydrogen (secondary N) is 1. The van der Waals surface area contributed by atoms with Crippen molar-refractivity contribution in [1.29, 1.82) is 0 Å². The summed E-state index contributed by atoms with van der Waals surface area (Å²) in [6.45, 7) is 3.76. The molecule has 1 saturated heterocycles. The maximum atomic E-state index is 13.1. The summed E-state index contributed by atoms with van der Waals surface area (Å²) < 4.78 is 1.86. The van der Waals surface area contributed by atoms with Gasteiger partial charge in [-0.3, -0.25) is 14.3 Å². The van der Waals surface area contributed by atoms with Crippen molar-refractivity contribution in [3.05, 3.63) is 78.1 Å². The van der Waals surface area contributed by atoms with Crippen molar-refractivity contribution in [1.82, 2.24) is 20.0 Å². The highest BCUT2D eigenvalue weighted by Crippen LogP contribution is 2.38. The second-order valence-corrected chi connectivity index (χ2v) is 8.89. The van der Waals surface area contributed by atoms with Crippen LogP contribution in [0.4, 0.5) is 0 Å². The summed E-state index contributed by atoms with van der Waals surface area (Å²) in [6.07, 6.45) is 4.15. The minimum absolute atomic E-state index is 0.0598. The first-order chi connectivity index (χ1) is 16.0. The van der Waals surface area contributed by atoms with E-state index in [1.54, 1.807) is 13.2 Å². The number of nitrogens with zero attached hydrogens (tertiary/aromatic N) is 3. The number of piperidine rings is 1. The number of aryl methyl sites for hydroxylation is 2. The van der Waals surface area contributed by atoms with Crippen molar-refractivity contribution in [2.75, 3.05) is 20.1 Å². The van der Waals surface area contributed by atoms with Crippen molar-refractivity contribution >= 4 is 11.8 Å². The fourth-order valence-corrected chi connectivity index (χ4v) is 4.86. The molecule has 0 spiro atoms. The Morgan fingerprint density at radius 3 is 2.36 bits per heavy atom. The Hall–Kier alpha value is -3.41. The van der Waals surface area contributed by atoms with E-state index in [2.05, 4.69) is 34.7 Å². The molecule has 2 aromatic carbocycles. The summed E-state index contributed by atoms with van der Waals surface area (Å²) in [7, 11) is 1.71. The van der Waals surface area contributed by atoms with Gasteiger partial charge in [-0.1, -0.05) is 54.6 Å². The summed E-state index contributed by atoms with van der Waals surface area (Å²) >= 11 is 0. The van der Waals surface area contributed by atoms with Gasteiger partial charge in [-0.25, -0.2) is 0 Å². The average molecular weight is 445 g/mol.